The van der Waals surface area contributed by atoms with Gasteiger partial charge in [-0.3, -0.25) is 0 Å². The molecule has 3 heteroatoms. The molecule has 0 radical (unpaired) electrons. The minimum Gasteiger partial charge on any atom is -0.466 e. The topological polar surface area (TPSA) is 38.8 Å². The third-order valence-electron chi connectivity index (χ3n) is 5.34. The lowest BCUT2D eigenvalue weighted by atomic mass is 9.79. The number of carbonyl (C=O) groups excluding carboxylic acids is 1. The Morgan fingerprint density at radius 3 is 2.95 bits per heavy atom. The molecule has 3 unspecified atom stereocenters. The Balaban J connectivity index is 1.57. The lowest BCUT2D eigenvalue weighted by molar-refractivity contribution is -0.137. The molecular weight excluding hydrogens is 264 g/mol. The van der Waals surface area contributed by atoms with Crippen LogP contribution in [-0.4, -0.2) is 24.8 Å². The summed E-state index contributed by atoms with van der Waals surface area (Å²) in [5, 5.41) is 0. The van der Waals surface area contributed by atoms with E-state index in [4.69, 9.17) is 9.47 Å². The predicted molar refractivity (Wildman–Crippen MR) is 78.7 cm³/mol. The molecule has 4 atom stereocenters. The molecule has 1 aliphatic heterocycles. The Morgan fingerprint density at radius 2 is 2.19 bits per heavy atom. The molecule has 0 aromatic heterocycles. The molecule has 3 aliphatic rings. The molecule has 1 aromatic carbocycles. The molecule has 110 valence electrons. The molecule has 1 heterocycles. The van der Waals surface area contributed by atoms with Crippen LogP contribution in [0, 0.1) is 11.8 Å². The number of benzene rings is 1. The van der Waals surface area contributed by atoms with Gasteiger partial charge in [0.1, 0.15) is 5.60 Å². The van der Waals surface area contributed by atoms with Gasteiger partial charge >= 0.3 is 5.97 Å². The third kappa shape index (κ3) is 1.87. The maximum absolute atomic E-state index is 12.0. The molecule has 0 N–H and O–H groups in total. The lowest BCUT2D eigenvalue weighted by Crippen LogP contribution is -2.32. The maximum atomic E-state index is 12.0. The molecule has 21 heavy (non-hydrogen) atoms. The van der Waals surface area contributed by atoms with Crippen LogP contribution in [0.3, 0.4) is 0 Å². The predicted octanol–water partition coefficient (Wildman–Crippen LogP) is 2.90. The zero-order valence-electron chi connectivity index (χ0n) is 12.2. The van der Waals surface area contributed by atoms with Crippen LogP contribution in [0.5, 0.6) is 0 Å². The first-order chi connectivity index (χ1) is 10.3. The summed E-state index contributed by atoms with van der Waals surface area (Å²) in [7, 11) is 1.46. The number of esters is 1. The SMILES string of the molecule is COC(=O)C1=CCC[C@H]2CC(Cc3ccccc3)C3OC132. The van der Waals surface area contributed by atoms with E-state index in [9.17, 15) is 4.79 Å². The fraction of sp³-hybridized carbons (Fsp3) is 0.500. The number of methoxy groups -OCH3 is 1. The van der Waals surface area contributed by atoms with Crippen molar-refractivity contribution in [3.05, 3.63) is 47.5 Å². The molecule has 1 saturated carbocycles. The van der Waals surface area contributed by atoms with Gasteiger partial charge in [-0.05, 0) is 43.1 Å². The molecule has 0 bridgehead atoms. The van der Waals surface area contributed by atoms with E-state index >= 15 is 0 Å². The lowest BCUT2D eigenvalue weighted by Gasteiger charge is -2.26. The third-order valence-corrected chi connectivity index (χ3v) is 5.34. The minimum absolute atomic E-state index is 0.202. The van der Waals surface area contributed by atoms with Crippen LogP contribution in [0.4, 0.5) is 0 Å². The molecule has 0 amide bonds. The highest BCUT2D eigenvalue weighted by atomic mass is 16.6. The fourth-order valence-electron chi connectivity index (χ4n) is 4.43. The van der Waals surface area contributed by atoms with Crippen molar-refractivity contribution < 1.29 is 14.3 Å². The summed E-state index contributed by atoms with van der Waals surface area (Å²) >= 11 is 0. The van der Waals surface area contributed by atoms with E-state index in [0.717, 1.165) is 31.3 Å². The number of carbonyl (C=O) groups is 1. The normalized spacial score (nSPS) is 36.4. The number of hydrogen-bond acceptors (Lipinski definition) is 3. The number of epoxide rings is 1. The second-order valence-corrected chi connectivity index (χ2v) is 6.40. The maximum Gasteiger partial charge on any atom is 0.336 e. The molecule has 1 saturated heterocycles. The quantitative estimate of drug-likeness (QED) is 0.633. The second kappa shape index (κ2) is 4.70. The minimum atomic E-state index is -0.315. The Morgan fingerprint density at radius 1 is 1.38 bits per heavy atom. The van der Waals surface area contributed by atoms with Gasteiger partial charge in [0.05, 0.1) is 18.8 Å². The van der Waals surface area contributed by atoms with Gasteiger partial charge in [-0.15, -0.1) is 0 Å². The van der Waals surface area contributed by atoms with Crippen molar-refractivity contribution in [2.75, 3.05) is 7.11 Å². The Hall–Kier alpha value is -1.61. The first-order valence-electron chi connectivity index (χ1n) is 7.76. The van der Waals surface area contributed by atoms with E-state index in [-0.39, 0.29) is 17.7 Å². The van der Waals surface area contributed by atoms with E-state index in [1.807, 2.05) is 12.1 Å². The number of rotatable bonds is 3. The van der Waals surface area contributed by atoms with Gasteiger partial charge in [-0.2, -0.15) is 0 Å². The van der Waals surface area contributed by atoms with Crippen molar-refractivity contribution in [1.29, 1.82) is 0 Å². The van der Waals surface area contributed by atoms with E-state index in [2.05, 4.69) is 24.3 Å². The van der Waals surface area contributed by atoms with Crippen molar-refractivity contribution in [2.24, 2.45) is 11.8 Å². The molecule has 1 spiro atoms. The molecular formula is C18H20O3. The molecule has 3 nitrogen and oxygen atoms in total. The van der Waals surface area contributed by atoms with Crippen LogP contribution in [0.1, 0.15) is 24.8 Å². The van der Waals surface area contributed by atoms with Crippen molar-refractivity contribution >= 4 is 5.97 Å². The van der Waals surface area contributed by atoms with Crippen molar-refractivity contribution in [2.45, 2.75) is 37.4 Å². The fourth-order valence-corrected chi connectivity index (χ4v) is 4.43. The van der Waals surface area contributed by atoms with E-state index in [0.29, 0.717) is 11.8 Å². The molecule has 2 aliphatic carbocycles. The molecule has 2 fully saturated rings. The summed E-state index contributed by atoms with van der Waals surface area (Å²) in [6.45, 7) is 0. The Labute approximate surface area is 124 Å². The highest BCUT2D eigenvalue weighted by molar-refractivity contribution is 5.92. The van der Waals surface area contributed by atoms with Crippen molar-refractivity contribution in [3.63, 3.8) is 0 Å². The number of hydrogen-bond donors (Lipinski definition) is 0. The van der Waals surface area contributed by atoms with E-state index in [1.165, 1.54) is 12.7 Å². The average Bonchev–Trinajstić information content (AvgIpc) is 3.17. The Bertz CT molecular complexity index is 592. The van der Waals surface area contributed by atoms with Gasteiger partial charge in [-0.1, -0.05) is 36.4 Å². The summed E-state index contributed by atoms with van der Waals surface area (Å²) in [6.07, 6.45) is 6.53. The second-order valence-electron chi connectivity index (χ2n) is 6.40. The first-order valence-corrected chi connectivity index (χ1v) is 7.76. The zero-order chi connectivity index (χ0) is 14.4. The van der Waals surface area contributed by atoms with Gasteiger partial charge in [-0.25, -0.2) is 4.79 Å². The van der Waals surface area contributed by atoms with E-state index in [1.54, 1.807) is 0 Å². The first kappa shape index (κ1) is 13.1. The summed E-state index contributed by atoms with van der Waals surface area (Å²) in [4.78, 5) is 12.0. The standard InChI is InChI=1S/C18H20O3/c1-20-17(19)15-9-5-8-14-11-13(16-18(14,15)21-16)10-12-6-3-2-4-7-12/h2-4,6-7,9,13-14,16H,5,8,10-11H2,1H3/t13?,14-,16?,18?/m0/s1. The largest absolute Gasteiger partial charge is 0.466 e. The summed E-state index contributed by atoms with van der Waals surface area (Å²) in [6, 6.07) is 10.6. The van der Waals surface area contributed by atoms with Crippen LogP contribution < -0.4 is 0 Å². The zero-order valence-corrected chi connectivity index (χ0v) is 12.2. The summed E-state index contributed by atoms with van der Waals surface area (Å²) < 4.78 is 11.1. The van der Waals surface area contributed by atoms with Gasteiger partial charge in [0, 0.05) is 0 Å². The van der Waals surface area contributed by atoms with Gasteiger partial charge in [0.2, 0.25) is 0 Å². The van der Waals surface area contributed by atoms with Crippen LogP contribution in [0.25, 0.3) is 0 Å². The van der Waals surface area contributed by atoms with Crippen LogP contribution in [0.2, 0.25) is 0 Å². The van der Waals surface area contributed by atoms with Crippen LogP contribution >= 0.6 is 0 Å². The van der Waals surface area contributed by atoms with Gasteiger partial charge in [0.15, 0.2) is 0 Å². The molecule has 1 aromatic rings. The van der Waals surface area contributed by atoms with Crippen molar-refractivity contribution in [1.82, 2.24) is 0 Å². The number of ether oxygens (including phenoxy) is 2. The Kier molecular flexibility index (Phi) is 2.93. The molecule has 4 rings (SSSR count). The monoisotopic (exact) mass is 284 g/mol. The highest BCUT2D eigenvalue weighted by Gasteiger charge is 2.72. The highest BCUT2D eigenvalue weighted by Crippen LogP contribution is 2.63. The summed E-state index contributed by atoms with van der Waals surface area (Å²) in [5.41, 5.74) is 1.82. The van der Waals surface area contributed by atoms with Crippen LogP contribution in [0.15, 0.2) is 42.0 Å². The van der Waals surface area contributed by atoms with Crippen LogP contribution in [-0.2, 0) is 20.7 Å². The summed E-state index contributed by atoms with van der Waals surface area (Å²) in [5.74, 6) is 0.793. The van der Waals surface area contributed by atoms with Gasteiger partial charge < -0.3 is 9.47 Å². The van der Waals surface area contributed by atoms with E-state index < -0.39 is 0 Å². The van der Waals surface area contributed by atoms with Gasteiger partial charge in [0.25, 0.3) is 0 Å². The number of allylic oxidation sites excluding steroid dienone is 1. The smallest absolute Gasteiger partial charge is 0.336 e. The average molecular weight is 284 g/mol. The van der Waals surface area contributed by atoms with Crippen molar-refractivity contribution in [3.8, 4) is 0 Å².